The molecule has 0 radical (unpaired) electrons. The lowest BCUT2D eigenvalue weighted by Crippen LogP contribution is -2.11. The van der Waals surface area contributed by atoms with Crippen LogP contribution in [0.4, 0.5) is 0 Å². The Kier molecular flexibility index (Phi) is 12.9. The fourth-order valence-corrected chi connectivity index (χ4v) is 3.75. The lowest BCUT2D eigenvalue weighted by Gasteiger charge is -2.05. The van der Waals surface area contributed by atoms with Crippen LogP contribution in [0.25, 0.3) is 11.0 Å². The van der Waals surface area contributed by atoms with Gasteiger partial charge in [0.2, 0.25) is 0 Å². The van der Waals surface area contributed by atoms with Crippen LogP contribution in [0.5, 0.6) is 0 Å². The van der Waals surface area contributed by atoms with Gasteiger partial charge in [-0.3, -0.25) is 4.79 Å². The van der Waals surface area contributed by atoms with E-state index in [0.29, 0.717) is 19.6 Å². The summed E-state index contributed by atoms with van der Waals surface area (Å²) < 4.78 is 5.34. The highest BCUT2D eigenvalue weighted by molar-refractivity contribution is 5.73. The predicted octanol–water partition coefficient (Wildman–Crippen LogP) is 6.85. The minimum atomic E-state index is -0.161. The first kappa shape index (κ1) is 24.4. The van der Waals surface area contributed by atoms with Crippen LogP contribution in [0.15, 0.2) is 24.3 Å². The highest BCUT2D eigenvalue weighted by atomic mass is 16.5. The smallest absolute Gasteiger partial charge is 0.307 e. The van der Waals surface area contributed by atoms with E-state index in [1.54, 1.807) is 4.80 Å². The third-order valence-electron chi connectivity index (χ3n) is 5.60. The number of fused-ring (bicyclic) bond motifs is 1. The van der Waals surface area contributed by atoms with Crippen LogP contribution in [-0.4, -0.2) is 27.6 Å². The first-order chi connectivity index (χ1) is 14.8. The molecule has 0 aliphatic heterocycles. The summed E-state index contributed by atoms with van der Waals surface area (Å²) in [5, 5.41) is 8.72. The summed E-state index contributed by atoms with van der Waals surface area (Å²) in [6.07, 6.45) is 18.9. The topological polar surface area (TPSA) is 57.0 Å². The van der Waals surface area contributed by atoms with Gasteiger partial charge in [0.15, 0.2) is 0 Å². The summed E-state index contributed by atoms with van der Waals surface area (Å²) in [6.45, 7) is 3.27. The number of aromatic nitrogens is 3. The molecule has 1 heterocycles. The number of benzene rings is 1. The molecular formula is C25H41N3O2. The molecule has 1 aromatic carbocycles. The Labute approximate surface area is 182 Å². The summed E-state index contributed by atoms with van der Waals surface area (Å²) in [7, 11) is 0. The van der Waals surface area contributed by atoms with Gasteiger partial charge in [-0.25, -0.2) is 0 Å². The van der Waals surface area contributed by atoms with Gasteiger partial charge >= 0.3 is 5.97 Å². The largest absolute Gasteiger partial charge is 0.466 e. The molecule has 5 heteroatoms. The molecule has 0 aliphatic carbocycles. The van der Waals surface area contributed by atoms with Crippen LogP contribution in [0.1, 0.15) is 103 Å². The Morgan fingerprint density at radius 1 is 0.767 bits per heavy atom. The standard InChI is InChI=1S/C25H41N3O2/c1-2-3-4-5-6-7-8-9-10-11-12-13-14-17-22-30-25(29)20-21-28-26-23-18-15-16-19-24(23)27-28/h15-16,18-19H,2-14,17,20-22H2,1H3. The maximum atomic E-state index is 11.9. The van der Waals surface area contributed by atoms with Gasteiger partial charge < -0.3 is 4.74 Å². The van der Waals surface area contributed by atoms with E-state index < -0.39 is 0 Å². The highest BCUT2D eigenvalue weighted by Crippen LogP contribution is 2.13. The van der Waals surface area contributed by atoms with E-state index in [9.17, 15) is 4.79 Å². The lowest BCUT2D eigenvalue weighted by molar-refractivity contribution is -0.144. The number of ether oxygens (including phenoxy) is 1. The number of nitrogens with zero attached hydrogens (tertiary/aromatic N) is 3. The van der Waals surface area contributed by atoms with Crippen LogP contribution >= 0.6 is 0 Å². The van der Waals surface area contributed by atoms with Gasteiger partial charge in [-0.2, -0.15) is 15.0 Å². The number of carbonyl (C=O) groups is 1. The van der Waals surface area contributed by atoms with Crippen molar-refractivity contribution in [2.45, 2.75) is 110 Å². The minimum absolute atomic E-state index is 0.161. The molecular weight excluding hydrogens is 374 g/mol. The fraction of sp³-hybridized carbons (Fsp3) is 0.720. The van der Waals surface area contributed by atoms with Gasteiger partial charge in [-0.05, 0) is 18.6 Å². The van der Waals surface area contributed by atoms with E-state index in [1.807, 2.05) is 24.3 Å². The zero-order valence-corrected chi connectivity index (χ0v) is 19.0. The summed E-state index contributed by atoms with van der Waals surface area (Å²) in [4.78, 5) is 13.5. The van der Waals surface area contributed by atoms with Gasteiger partial charge in [0.1, 0.15) is 11.0 Å². The van der Waals surface area contributed by atoms with Gasteiger partial charge in [0, 0.05) is 0 Å². The number of unbranched alkanes of at least 4 members (excludes halogenated alkanes) is 13. The molecule has 0 atom stereocenters. The second kappa shape index (κ2) is 15.9. The Bertz CT molecular complexity index is 666. The molecule has 0 N–H and O–H groups in total. The van der Waals surface area contributed by atoms with Crippen molar-refractivity contribution in [3.8, 4) is 0 Å². The first-order valence-electron chi connectivity index (χ1n) is 12.2. The molecule has 2 aromatic rings. The Hall–Kier alpha value is -1.91. The van der Waals surface area contributed by atoms with Crippen molar-refractivity contribution < 1.29 is 9.53 Å². The second-order valence-electron chi connectivity index (χ2n) is 8.35. The molecule has 0 saturated carbocycles. The maximum absolute atomic E-state index is 11.9. The van der Waals surface area contributed by atoms with Crippen molar-refractivity contribution in [1.29, 1.82) is 0 Å². The monoisotopic (exact) mass is 415 g/mol. The maximum Gasteiger partial charge on any atom is 0.307 e. The van der Waals surface area contributed by atoms with Crippen LogP contribution in [0.3, 0.4) is 0 Å². The number of rotatable bonds is 18. The van der Waals surface area contributed by atoms with Crippen LogP contribution < -0.4 is 0 Å². The molecule has 5 nitrogen and oxygen atoms in total. The summed E-state index contributed by atoms with van der Waals surface area (Å²) in [6, 6.07) is 7.72. The molecule has 0 bridgehead atoms. The quantitative estimate of drug-likeness (QED) is 0.197. The molecule has 1 aromatic heterocycles. The van der Waals surface area contributed by atoms with Crippen LogP contribution in [0.2, 0.25) is 0 Å². The molecule has 0 saturated heterocycles. The highest BCUT2D eigenvalue weighted by Gasteiger charge is 2.06. The van der Waals surface area contributed by atoms with E-state index in [2.05, 4.69) is 17.1 Å². The zero-order valence-electron chi connectivity index (χ0n) is 19.0. The van der Waals surface area contributed by atoms with Gasteiger partial charge in [0.05, 0.1) is 19.6 Å². The summed E-state index contributed by atoms with van der Waals surface area (Å²) >= 11 is 0. The van der Waals surface area contributed by atoms with E-state index in [0.717, 1.165) is 23.9 Å². The Balaban J connectivity index is 1.34. The van der Waals surface area contributed by atoms with Gasteiger partial charge in [-0.15, -0.1) is 0 Å². The normalized spacial score (nSPS) is 11.2. The lowest BCUT2D eigenvalue weighted by atomic mass is 10.0. The van der Waals surface area contributed by atoms with Gasteiger partial charge in [-0.1, -0.05) is 103 Å². The predicted molar refractivity (Wildman–Crippen MR) is 123 cm³/mol. The molecule has 0 fully saturated rings. The number of hydrogen-bond donors (Lipinski definition) is 0. The number of esters is 1. The second-order valence-corrected chi connectivity index (χ2v) is 8.35. The van der Waals surface area contributed by atoms with Crippen molar-refractivity contribution in [2.24, 2.45) is 0 Å². The molecule has 0 aliphatic rings. The van der Waals surface area contributed by atoms with E-state index in [4.69, 9.17) is 4.74 Å². The number of carbonyl (C=O) groups excluding carboxylic acids is 1. The number of aryl methyl sites for hydroxylation is 1. The molecule has 0 spiro atoms. The van der Waals surface area contributed by atoms with E-state index in [-0.39, 0.29) is 5.97 Å². The van der Waals surface area contributed by atoms with Crippen molar-refractivity contribution >= 4 is 17.0 Å². The number of hydrogen-bond acceptors (Lipinski definition) is 4. The van der Waals surface area contributed by atoms with Crippen LogP contribution in [0, 0.1) is 0 Å². The molecule has 0 amide bonds. The molecule has 0 unspecified atom stereocenters. The van der Waals surface area contributed by atoms with Crippen molar-refractivity contribution in [3.05, 3.63) is 24.3 Å². The van der Waals surface area contributed by atoms with Crippen molar-refractivity contribution in [1.82, 2.24) is 15.0 Å². The average molecular weight is 416 g/mol. The van der Waals surface area contributed by atoms with Crippen LogP contribution in [-0.2, 0) is 16.1 Å². The third-order valence-corrected chi connectivity index (χ3v) is 5.60. The van der Waals surface area contributed by atoms with Crippen molar-refractivity contribution in [3.63, 3.8) is 0 Å². The van der Waals surface area contributed by atoms with Crippen molar-refractivity contribution in [2.75, 3.05) is 6.61 Å². The SMILES string of the molecule is CCCCCCCCCCCCCCCCOC(=O)CCn1nc2ccccc2n1. The van der Waals surface area contributed by atoms with E-state index >= 15 is 0 Å². The van der Waals surface area contributed by atoms with Gasteiger partial charge in [0.25, 0.3) is 0 Å². The zero-order chi connectivity index (χ0) is 21.3. The third kappa shape index (κ3) is 10.7. The molecule has 30 heavy (non-hydrogen) atoms. The molecule has 2 rings (SSSR count). The Morgan fingerprint density at radius 3 is 1.73 bits per heavy atom. The molecule has 168 valence electrons. The first-order valence-corrected chi connectivity index (χ1v) is 12.2. The average Bonchev–Trinajstić information content (AvgIpc) is 3.18. The minimum Gasteiger partial charge on any atom is -0.466 e. The van der Waals surface area contributed by atoms with E-state index in [1.165, 1.54) is 77.0 Å². The summed E-state index contributed by atoms with van der Waals surface area (Å²) in [5.74, 6) is -0.161. The Morgan fingerprint density at radius 2 is 1.23 bits per heavy atom. The fourth-order valence-electron chi connectivity index (χ4n) is 3.75. The summed E-state index contributed by atoms with van der Waals surface area (Å²) in [5.41, 5.74) is 1.71.